The minimum atomic E-state index is 0.102. The maximum absolute atomic E-state index is 12.0. The molecular weight excluding hydrogens is 250 g/mol. The van der Waals surface area contributed by atoms with E-state index in [-0.39, 0.29) is 11.8 Å². The number of carbonyl (C=O) groups is 1. The van der Waals surface area contributed by atoms with Crippen LogP contribution >= 0.6 is 0 Å². The molecule has 0 aromatic carbocycles. The average molecular weight is 290 g/mol. The number of amides is 1. The zero-order valence-corrected chi connectivity index (χ0v) is 15.6. The van der Waals surface area contributed by atoms with Crippen LogP contribution in [0.4, 0.5) is 0 Å². The van der Waals surface area contributed by atoms with Crippen LogP contribution in [0, 0.1) is 17.8 Å². The normalized spacial score (nSPS) is 12.6. The first-order valence-corrected chi connectivity index (χ1v) is 8.17. The second kappa shape index (κ2) is 16.5. The summed E-state index contributed by atoms with van der Waals surface area (Å²) in [5, 5.41) is 0. The van der Waals surface area contributed by atoms with Crippen LogP contribution in [0.3, 0.4) is 0 Å². The summed E-state index contributed by atoms with van der Waals surface area (Å²) in [7, 11) is 3.60. The minimum Gasteiger partial charge on any atom is -0.384 e. The lowest BCUT2D eigenvalue weighted by Gasteiger charge is -2.27. The molecule has 1 amide bonds. The predicted octanol–water partition coefficient (Wildman–Crippen LogP) is 4.46. The topological polar surface area (TPSA) is 29.5 Å². The predicted molar refractivity (Wildman–Crippen MR) is 90.0 cm³/mol. The van der Waals surface area contributed by atoms with E-state index in [1.165, 1.54) is 0 Å². The van der Waals surface area contributed by atoms with Gasteiger partial charge in [-0.05, 0) is 18.3 Å². The molecule has 3 nitrogen and oxygen atoms in total. The monoisotopic (exact) mass is 289 g/mol. The Morgan fingerprint density at radius 3 is 1.85 bits per heavy atom. The third kappa shape index (κ3) is 11.3. The maximum atomic E-state index is 12.0. The van der Waals surface area contributed by atoms with Gasteiger partial charge in [0.1, 0.15) is 0 Å². The molecule has 0 saturated heterocycles. The van der Waals surface area contributed by atoms with Crippen molar-refractivity contribution in [3.8, 4) is 0 Å². The molecule has 2 atom stereocenters. The average Bonchev–Trinajstić information content (AvgIpc) is 2.48. The first kappa shape index (κ1) is 24.4. The molecule has 0 aromatic rings. The molecule has 0 rings (SSSR count). The van der Waals surface area contributed by atoms with E-state index in [9.17, 15) is 4.79 Å². The summed E-state index contributed by atoms with van der Waals surface area (Å²) in [6.07, 6.45) is 1.04. The molecule has 0 fully saturated rings. The van der Waals surface area contributed by atoms with Crippen LogP contribution in [0.25, 0.3) is 0 Å². The Balaban J connectivity index is -0.000000656. The van der Waals surface area contributed by atoms with Crippen molar-refractivity contribution in [1.82, 2.24) is 4.90 Å². The van der Waals surface area contributed by atoms with Crippen LogP contribution in [0.5, 0.6) is 0 Å². The van der Waals surface area contributed by atoms with Crippen LogP contribution in [0.1, 0.15) is 61.8 Å². The first-order chi connectivity index (χ1) is 9.43. The molecule has 0 aromatic heterocycles. The van der Waals surface area contributed by atoms with Crippen molar-refractivity contribution in [3.63, 3.8) is 0 Å². The van der Waals surface area contributed by atoms with Gasteiger partial charge in [-0.3, -0.25) is 4.79 Å². The molecule has 0 bridgehead atoms. The van der Waals surface area contributed by atoms with Gasteiger partial charge in [-0.2, -0.15) is 0 Å². The van der Waals surface area contributed by atoms with Crippen LogP contribution in [-0.2, 0) is 9.53 Å². The number of ether oxygens (including phenoxy) is 1. The van der Waals surface area contributed by atoms with Gasteiger partial charge in [-0.25, -0.2) is 0 Å². The SMILES string of the molecule is CC.CC.CCC(COC)CN(C)C(=O)C(C)C(C)C. The van der Waals surface area contributed by atoms with E-state index in [2.05, 4.69) is 20.8 Å². The molecule has 0 spiro atoms. The Morgan fingerprint density at radius 1 is 1.10 bits per heavy atom. The number of rotatable bonds is 7. The fourth-order valence-electron chi connectivity index (χ4n) is 1.65. The van der Waals surface area contributed by atoms with Crippen molar-refractivity contribution < 1.29 is 9.53 Å². The lowest BCUT2D eigenvalue weighted by Crippen LogP contribution is -2.38. The summed E-state index contributed by atoms with van der Waals surface area (Å²) < 4.78 is 5.15. The summed E-state index contributed by atoms with van der Waals surface area (Å²) >= 11 is 0. The molecule has 124 valence electrons. The quantitative estimate of drug-likeness (QED) is 0.692. The molecular formula is C17H39NO2. The second-order valence-electron chi connectivity index (χ2n) is 4.98. The molecule has 0 radical (unpaired) electrons. The van der Waals surface area contributed by atoms with Crippen molar-refractivity contribution in [3.05, 3.63) is 0 Å². The number of methoxy groups -OCH3 is 1. The summed E-state index contributed by atoms with van der Waals surface area (Å²) in [6, 6.07) is 0. The summed E-state index contributed by atoms with van der Waals surface area (Å²) in [4.78, 5) is 13.9. The Kier molecular flexibility index (Phi) is 20.2. The lowest BCUT2D eigenvalue weighted by atomic mass is 9.96. The summed E-state index contributed by atoms with van der Waals surface area (Å²) in [5.41, 5.74) is 0. The smallest absolute Gasteiger partial charge is 0.225 e. The van der Waals surface area contributed by atoms with Gasteiger partial charge in [0.25, 0.3) is 0 Å². The minimum absolute atomic E-state index is 0.102. The van der Waals surface area contributed by atoms with E-state index in [4.69, 9.17) is 4.74 Å². The fourth-order valence-corrected chi connectivity index (χ4v) is 1.65. The van der Waals surface area contributed by atoms with E-state index >= 15 is 0 Å². The Hall–Kier alpha value is -0.570. The van der Waals surface area contributed by atoms with Crippen molar-refractivity contribution in [2.75, 3.05) is 27.3 Å². The highest BCUT2D eigenvalue weighted by atomic mass is 16.5. The van der Waals surface area contributed by atoms with Crippen molar-refractivity contribution in [1.29, 1.82) is 0 Å². The third-order valence-electron chi connectivity index (χ3n) is 3.28. The van der Waals surface area contributed by atoms with Crippen LogP contribution in [0.15, 0.2) is 0 Å². The van der Waals surface area contributed by atoms with Gasteiger partial charge in [0, 0.05) is 26.6 Å². The second-order valence-corrected chi connectivity index (χ2v) is 4.98. The Labute approximate surface area is 128 Å². The lowest BCUT2D eigenvalue weighted by molar-refractivity contribution is -0.135. The standard InChI is InChI=1S/C13H27NO2.2C2H6/c1-7-12(9-16-6)8-14(5)13(15)11(4)10(2)3;2*1-2/h10-12H,7-9H2,1-6H3;2*1-2H3. The van der Waals surface area contributed by atoms with E-state index in [0.29, 0.717) is 11.8 Å². The van der Waals surface area contributed by atoms with Gasteiger partial charge in [0.15, 0.2) is 0 Å². The highest BCUT2D eigenvalue weighted by molar-refractivity contribution is 5.78. The largest absolute Gasteiger partial charge is 0.384 e. The molecule has 0 heterocycles. The van der Waals surface area contributed by atoms with Crippen LogP contribution in [-0.4, -0.2) is 38.1 Å². The van der Waals surface area contributed by atoms with Gasteiger partial charge in [-0.15, -0.1) is 0 Å². The van der Waals surface area contributed by atoms with Crippen LogP contribution in [0.2, 0.25) is 0 Å². The zero-order chi connectivity index (χ0) is 16.7. The van der Waals surface area contributed by atoms with Gasteiger partial charge < -0.3 is 9.64 Å². The fraction of sp³-hybridized carbons (Fsp3) is 0.941. The van der Waals surface area contributed by atoms with Gasteiger partial charge in [-0.1, -0.05) is 55.4 Å². The number of hydrogen-bond acceptors (Lipinski definition) is 2. The van der Waals surface area contributed by atoms with Crippen molar-refractivity contribution in [2.45, 2.75) is 61.8 Å². The molecule has 0 aliphatic rings. The van der Waals surface area contributed by atoms with Crippen LogP contribution < -0.4 is 0 Å². The summed E-state index contributed by atoms with van der Waals surface area (Å²) in [5.74, 6) is 1.19. The molecule has 0 N–H and O–H groups in total. The zero-order valence-electron chi connectivity index (χ0n) is 15.6. The number of hydrogen-bond donors (Lipinski definition) is 0. The molecule has 0 aliphatic carbocycles. The first-order valence-electron chi connectivity index (χ1n) is 8.17. The summed E-state index contributed by atoms with van der Waals surface area (Å²) in [6.45, 7) is 17.8. The van der Waals surface area contributed by atoms with Gasteiger partial charge in [0.05, 0.1) is 6.61 Å². The van der Waals surface area contributed by atoms with E-state index in [1.807, 2.05) is 46.6 Å². The Bertz CT molecular complexity index is 205. The van der Waals surface area contributed by atoms with E-state index in [1.54, 1.807) is 7.11 Å². The molecule has 0 saturated carbocycles. The molecule has 20 heavy (non-hydrogen) atoms. The molecule has 3 heteroatoms. The van der Waals surface area contributed by atoms with Crippen molar-refractivity contribution >= 4 is 5.91 Å². The highest BCUT2D eigenvalue weighted by Crippen LogP contribution is 2.14. The maximum Gasteiger partial charge on any atom is 0.225 e. The Morgan fingerprint density at radius 2 is 1.55 bits per heavy atom. The van der Waals surface area contributed by atoms with Gasteiger partial charge >= 0.3 is 0 Å². The molecule has 0 aliphatic heterocycles. The van der Waals surface area contributed by atoms with E-state index in [0.717, 1.165) is 19.6 Å². The van der Waals surface area contributed by atoms with E-state index < -0.39 is 0 Å². The highest BCUT2D eigenvalue weighted by Gasteiger charge is 2.22. The molecule has 2 unspecified atom stereocenters. The van der Waals surface area contributed by atoms with Gasteiger partial charge in [0.2, 0.25) is 5.91 Å². The number of nitrogens with zero attached hydrogens (tertiary/aromatic N) is 1. The number of carbonyl (C=O) groups excluding carboxylic acids is 1. The third-order valence-corrected chi connectivity index (χ3v) is 3.28. The van der Waals surface area contributed by atoms with Crippen molar-refractivity contribution in [2.24, 2.45) is 17.8 Å².